The summed E-state index contributed by atoms with van der Waals surface area (Å²) >= 11 is 9.60. The Balaban J connectivity index is 2.22. The molecule has 4 nitrogen and oxygen atoms in total. The molecule has 0 aliphatic heterocycles. The molecule has 148 valence electrons. The van der Waals surface area contributed by atoms with Crippen LogP contribution in [0.2, 0.25) is 5.02 Å². The minimum Gasteiger partial charge on any atom is -0.490 e. The van der Waals surface area contributed by atoms with Crippen LogP contribution in [0.4, 0.5) is 4.39 Å². The first-order chi connectivity index (χ1) is 12.8. The molecule has 0 aromatic heterocycles. The van der Waals surface area contributed by atoms with E-state index in [2.05, 4.69) is 21.2 Å². The molecule has 0 amide bonds. The lowest BCUT2D eigenvalue weighted by atomic mass is 10.1. The molecule has 2 rings (SSSR count). The first-order valence-corrected chi connectivity index (χ1v) is 9.81. The van der Waals surface area contributed by atoms with E-state index in [9.17, 15) is 9.50 Å². The monoisotopic (exact) mass is 459 g/mol. The van der Waals surface area contributed by atoms with Gasteiger partial charge in [-0.1, -0.05) is 33.6 Å². The van der Waals surface area contributed by atoms with Crippen molar-refractivity contribution in [3.63, 3.8) is 0 Å². The highest BCUT2D eigenvalue weighted by Crippen LogP contribution is 2.35. The van der Waals surface area contributed by atoms with E-state index in [0.29, 0.717) is 35.2 Å². The minimum absolute atomic E-state index is 0.00678. The molecule has 2 aromatic carbocycles. The number of nitrogens with one attached hydrogen (secondary N) is 1. The smallest absolute Gasteiger partial charge is 0.162 e. The number of hydrogen-bond donors (Lipinski definition) is 2. The summed E-state index contributed by atoms with van der Waals surface area (Å²) in [5.41, 5.74) is 0.853. The van der Waals surface area contributed by atoms with E-state index < -0.39 is 11.4 Å². The number of hydrogen-bond acceptors (Lipinski definition) is 4. The molecule has 7 heteroatoms. The van der Waals surface area contributed by atoms with Crippen molar-refractivity contribution in [2.24, 2.45) is 0 Å². The van der Waals surface area contributed by atoms with Crippen molar-refractivity contribution < 1.29 is 19.0 Å². The molecule has 2 N–H and O–H groups in total. The predicted octanol–water partition coefficient (Wildman–Crippen LogP) is 5.08. The SMILES string of the molecule is CCOc1cc(CNC(C)(C)CO)c(Br)cc1OCc1c(F)cccc1Cl. The van der Waals surface area contributed by atoms with Crippen molar-refractivity contribution >= 4 is 27.5 Å². The van der Waals surface area contributed by atoms with Gasteiger partial charge < -0.3 is 19.9 Å². The van der Waals surface area contributed by atoms with Crippen LogP contribution < -0.4 is 14.8 Å². The van der Waals surface area contributed by atoms with Crippen molar-refractivity contribution in [2.75, 3.05) is 13.2 Å². The molecule has 0 saturated carbocycles. The number of aliphatic hydroxyl groups excluding tert-OH is 1. The molecule has 0 radical (unpaired) electrons. The van der Waals surface area contributed by atoms with Crippen molar-refractivity contribution in [2.45, 2.75) is 39.5 Å². The number of rotatable bonds is 9. The lowest BCUT2D eigenvalue weighted by Gasteiger charge is -2.24. The fourth-order valence-electron chi connectivity index (χ4n) is 2.30. The van der Waals surface area contributed by atoms with Crippen LogP contribution in [0.3, 0.4) is 0 Å². The molecule has 0 heterocycles. The molecular weight excluding hydrogens is 437 g/mol. The van der Waals surface area contributed by atoms with Gasteiger partial charge in [-0.25, -0.2) is 4.39 Å². The summed E-state index contributed by atoms with van der Waals surface area (Å²) in [4.78, 5) is 0. The lowest BCUT2D eigenvalue weighted by molar-refractivity contribution is 0.187. The highest BCUT2D eigenvalue weighted by molar-refractivity contribution is 9.10. The average molecular weight is 461 g/mol. The Labute approximate surface area is 172 Å². The molecule has 0 unspecified atom stereocenters. The van der Waals surface area contributed by atoms with Crippen LogP contribution in [-0.2, 0) is 13.2 Å². The Kier molecular flexibility index (Phi) is 7.91. The van der Waals surface area contributed by atoms with E-state index >= 15 is 0 Å². The van der Waals surface area contributed by atoms with Crippen molar-refractivity contribution in [3.8, 4) is 11.5 Å². The summed E-state index contributed by atoms with van der Waals surface area (Å²) in [6.45, 7) is 6.73. The Morgan fingerprint density at radius 1 is 1.22 bits per heavy atom. The number of halogens is 3. The van der Waals surface area contributed by atoms with E-state index in [-0.39, 0.29) is 13.2 Å². The van der Waals surface area contributed by atoms with Crippen LogP contribution in [0, 0.1) is 5.82 Å². The molecule has 0 bridgehead atoms. The second-order valence-corrected chi connectivity index (χ2v) is 7.97. The summed E-state index contributed by atoms with van der Waals surface area (Å²) < 4.78 is 26.3. The van der Waals surface area contributed by atoms with Crippen LogP contribution in [0.15, 0.2) is 34.8 Å². The molecule has 2 aromatic rings. The van der Waals surface area contributed by atoms with E-state index in [0.717, 1.165) is 10.0 Å². The topological polar surface area (TPSA) is 50.7 Å². The van der Waals surface area contributed by atoms with Crippen LogP contribution in [0.1, 0.15) is 31.9 Å². The first-order valence-electron chi connectivity index (χ1n) is 8.64. The van der Waals surface area contributed by atoms with Crippen LogP contribution in [-0.4, -0.2) is 23.9 Å². The maximum Gasteiger partial charge on any atom is 0.162 e. The Hall–Kier alpha value is -1.34. The van der Waals surface area contributed by atoms with E-state index in [4.69, 9.17) is 21.1 Å². The summed E-state index contributed by atoms with van der Waals surface area (Å²) in [6.07, 6.45) is 0. The van der Waals surface area contributed by atoms with Gasteiger partial charge in [0.05, 0.1) is 18.2 Å². The average Bonchev–Trinajstić information content (AvgIpc) is 2.62. The van der Waals surface area contributed by atoms with Gasteiger partial charge in [-0.2, -0.15) is 0 Å². The van der Waals surface area contributed by atoms with Gasteiger partial charge in [0.15, 0.2) is 11.5 Å². The molecule has 27 heavy (non-hydrogen) atoms. The normalized spacial score (nSPS) is 11.5. The van der Waals surface area contributed by atoms with E-state index in [1.807, 2.05) is 26.8 Å². The third kappa shape index (κ3) is 6.07. The van der Waals surface area contributed by atoms with Crippen molar-refractivity contribution in [3.05, 3.63) is 56.8 Å². The Morgan fingerprint density at radius 2 is 1.93 bits per heavy atom. The fourth-order valence-corrected chi connectivity index (χ4v) is 2.98. The predicted molar refractivity (Wildman–Crippen MR) is 109 cm³/mol. The van der Waals surface area contributed by atoms with Gasteiger partial charge in [0.2, 0.25) is 0 Å². The standard InChI is InChI=1S/C20H24BrClFNO3/c1-4-26-18-8-13(10-24-20(2,3)12-25)15(21)9-19(18)27-11-14-16(22)6-5-7-17(14)23/h5-9,24-25H,4,10-12H2,1-3H3. The quantitative estimate of drug-likeness (QED) is 0.548. The second-order valence-electron chi connectivity index (χ2n) is 6.71. The van der Waals surface area contributed by atoms with Gasteiger partial charge in [0.25, 0.3) is 0 Å². The first kappa shape index (κ1) is 22.0. The third-order valence-electron chi connectivity index (χ3n) is 4.00. The number of ether oxygens (including phenoxy) is 2. The lowest BCUT2D eigenvalue weighted by Crippen LogP contribution is -2.42. The summed E-state index contributed by atoms with van der Waals surface area (Å²) in [6, 6.07) is 8.19. The van der Waals surface area contributed by atoms with Crippen LogP contribution >= 0.6 is 27.5 Å². The number of aliphatic hydroxyl groups is 1. The van der Waals surface area contributed by atoms with Gasteiger partial charge in [-0.05, 0) is 50.6 Å². The Morgan fingerprint density at radius 3 is 2.56 bits per heavy atom. The molecule has 0 atom stereocenters. The van der Waals surface area contributed by atoms with Crippen LogP contribution in [0.5, 0.6) is 11.5 Å². The highest BCUT2D eigenvalue weighted by Gasteiger charge is 2.18. The van der Waals surface area contributed by atoms with Crippen LogP contribution in [0.25, 0.3) is 0 Å². The Bertz CT molecular complexity index is 766. The largest absolute Gasteiger partial charge is 0.490 e. The molecule has 0 saturated heterocycles. The maximum atomic E-state index is 14.0. The van der Waals surface area contributed by atoms with E-state index in [1.54, 1.807) is 18.2 Å². The maximum absolute atomic E-state index is 14.0. The summed E-state index contributed by atoms with van der Waals surface area (Å²) in [5, 5.41) is 13.0. The van der Waals surface area contributed by atoms with Gasteiger partial charge >= 0.3 is 0 Å². The summed E-state index contributed by atoms with van der Waals surface area (Å²) in [5.74, 6) is 0.645. The van der Waals surface area contributed by atoms with Gasteiger partial charge in [0.1, 0.15) is 12.4 Å². The minimum atomic E-state index is -0.411. The number of benzene rings is 2. The molecule has 0 spiro atoms. The highest BCUT2D eigenvalue weighted by atomic mass is 79.9. The van der Waals surface area contributed by atoms with E-state index in [1.165, 1.54) is 6.07 Å². The zero-order valence-electron chi connectivity index (χ0n) is 15.6. The van der Waals surface area contributed by atoms with Gasteiger partial charge in [-0.3, -0.25) is 0 Å². The van der Waals surface area contributed by atoms with Crippen molar-refractivity contribution in [1.82, 2.24) is 5.32 Å². The molecule has 0 aliphatic carbocycles. The van der Waals surface area contributed by atoms with Gasteiger partial charge in [0, 0.05) is 22.1 Å². The second kappa shape index (κ2) is 9.73. The zero-order chi connectivity index (χ0) is 20.0. The molecule has 0 aliphatic rings. The van der Waals surface area contributed by atoms with Crippen molar-refractivity contribution in [1.29, 1.82) is 0 Å². The zero-order valence-corrected chi connectivity index (χ0v) is 18.0. The van der Waals surface area contributed by atoms with Gasteiger partial charge in [-0.15, -0.1) is 0 Å². The third-order valence-corrected chi connectivity index (χ3v) is 5.09. The summed E-state index contributed by atoms with van der Waals surface area (Å²) in [7, 11) is 0. The molecular formula is C20H24BrClFNO3. The fraction of sp³-hybridized carbons (Fsp3) is 0.400. The molecule has 0 fully saturated rings.